The Labute approximate surface area is 193 Å². The molecule has 2 N–H and O–H groups in total. The van der Waals surface area contributed by atoms with Crippen LogP contribution in [0.5, 0.6) is 0 Å². The Bertz CT molecular complexity index is 1140. The summed E-state index contributed by atoms with van der Waals surface area (Å²) in [5.41, 5.74) is 0.640. The molecule has 10 heteroatoms. The van der Waals surface area contributed by atoms with Crippen molar-refractivity contribution in [2.45, 2.75) is 36.6 Å². The van der Waals surface area contributed by atoms with Crippen LogP contribution >= 0.6 is 0 Å². The number of sulfonamides is 1. The number of hydrogen-bond acceptors (Lipinski definition) is 6. The molecule has 0 aromatic heterocycles. The van der Waals surface area contributed by atoms with Crippen molar-refractivity contribution in [3.63, 3.8) is 0 Å². The number of amides is 2. The molecule has 0 bridgehead atoms. The maximum Gasteiger partial charge on any atom is 0.338 e. The van der Waals surface area contributed by atoms with E-state index in [1.54, 1.807) is 24.3 Å². The molecule has 0 unspecified atom stereocenters. The number of nitrogens with zero attached hydrogens (tertiary/aromatic N) is 1. The van der Waals surface area contributed by atoms with Gasteiger partial charge in [0.15, 0.2) is 6.61 Å². The van der Waals surface area contributed by atoms with Crippen LogP contribution in [0.4, 0.5) is 5.69 Å². The van der Waals surface area contributed by atoms with Crippen LogP contribution in [0.1, 0.15) is 46.4 Å². The van der Waals surface area contributed by atoms with Gasteiger partial charge in [-0.05, 0) is 43.2 Å². The van der Waals surface area contributed by atoms with Gasteiger partial charge in [0.25, 0.3) is 11.8 Å². The summed E-state index contributed by atoms with van der Waals surface area (Å²) >= 11 is 0. The molecule has 0 heterocycles. The third-order valence-electron chi connectivity index (χ3n) is 5.32. The Morgan fingerprint density at radius 2 is 1.73 bits per heavy atom. The van der Waals surface area contributed by atoms with Gasteiger partial charge < -0.3 is 15.4 Å². The molecule has 1 saturated carbocycles. The van der Waals surface area contributed by atoms with Crippen molar-refractivity contribution in [1.82, 2.24) is 9.62 Å². The van der Waals surface area contributed by atoms with Gasteiger partial charge in [0.1, 0.15) is 0 Å². The van der Waals surface area contributed by atoms with E-state index in [2.05, 4.69) is 10.6 Å². The molecule has 2 amide bonds. The smallest absolute Gasteiger partial charge is 0.338 e. The number of benzene rings is 2. The van der Waals surface area contributed by atoms with E-state index in [9.17, 15) is 22.8 Å². The maximum atomic E-state index is 12.6. The summed E-state index contributed by atoms with van der Waals surface area (Å²) in [6, 6.07) is 12.1. The number of para-hydroxylation sites is 1. The van der Waals surface area contributed by atoms with Crippen molar-refractivity contribution in [3.05, 3.63) is 59.7 Å². The second kappa shape index (κ2) is 10.6. The molecule has 0 saturated heterocycles. The van der Waals surface area contributed by atoms with Gasteiger partial charge in [-0.25, -0.2) is 17.5 Å². The maximum absolute atomic E-state index is 12.6. The molecule has 2 aromatic rings. The highest BCUT2D eigenvalue weighted by Crippen LogP contribution is 2.20. The van der Waals surface area contributed by atoms with Crippen molar-refractivity contribution in [2.24, 2.45) is 0 Å². The van der Waals surface area contributed by atoms with Crippen molar-refractivity contribution in [2.75, 3.05) is 26.0 Å². The summed E-state index contributed by atoms with van der Waals surface area (Å²) in [6.45, 7) is -0.595. The normalized spacial score (nSPS) is 14.2. The summed E-state index contributed by atoms with van der Waals surface area (Å²) in [5, 5.41) is 5.57. The van der Waals surface area contributed by atoms with Gasteiger partial charge in [-0.3, -0.25) is 9.59 Å². The predicted octanol–water partition coefficient (Wildman–Crippen LogP) is 2.40. The molecule has 33 heavy (non-hydrogen) atoms. The Morgan fingerprint density at radius 3 is 2.42 bits per heavy atom. The molecule has 2 aromatic carbocycles. The second-order valence-corrected chi connectivity index (χ2v) is 10.1. The topological polar surface area (TPSA) is 122 Å². The SMILES string of the molecule is CN(C)S(=O)(=O)c1cccc(C(=O)OCC(=O)Nc2ccccc2C(=O)NC2CCCC2)c1. The summed E-state index contributed by atoms with van der Waals surface area (Å²) in [5.74, 6) is -1.73. The Balaban J connectivity index is 1.61. The number of nitrogens with one attached hydrogen (secondary N) is 2. The molecule has 1 aliphatic carbocycles. The van der Waals surface area contributed by atoms with Crippen molar-refractivity contribution < 1.29 is 27.5 Å². The number of esters is 1. The van der Waals surface area contributed by atoms with E-state index >= 15 is 0 Å². The zero-order valence-corrected chi connectivity index (χ0v) is 19.4. The van der Waals surface area contributed by atoms with Crippen LogP contribution in [0.15, 0.2) is 53.4 Å². The molecule has 0 atom stereocenters. The lowest BCUT2D eigenvalue weighted by Crippen LogP contribution is -2.33. The fraction of sp³-hybridized carbons (Fsp3) is 0.348. The summed E-state index contributed by atoms with van der Waals surface area (Å²) in [4.78, 5) is 37.3. The lowest BCUT2D eigenvalue weighted by Gasteiger charge is -2.15. The highest BCUT2D eigenvalue weighted by Gasteiger charge is 2.21. The Hall–Kier alpha value is -3.24. The minimum absolute atomic E-state index is 0.00191. The van der Waals surface area contributed by atoms with E-state index in [1.165, 1.54) is 38.4 Å². The van der Waals surface area contributed by atoms with Crippen LogP contribution in [-0.2, 0) is 19.6 Å². The molecule has 0 spiro atoms. The third-order valence-corrected chi connectivity index (χ3v) is 7.13. The molecule has 1 fully saturated rings. The molecule has 9 nitrogen and oxygen atoms in total. The summed E-state index contributed by atoms with van der Waals surface area (Å²) in [7, 11) is -0.947. The zero-order valence-electron chi connectivity index (χ0n) is 18.5. The average Bonchev–Trinajstić information content (AvgIpc) is 3.30. The van der Waals surface area contributed by atoms with Crippen molar-refractivity contribution in [3.8, 4) is 0 Å². The van der Waals surface area contributed by atoms with E-state index in [0.717, 1.165) is 30.0 Å². The first kappa shape index (κ1) is 24.4. The molecule has 176 valence electrons. The minimum atomic E-state index is -3.72. The Kier molecular flexibility index (Phi) is 7.83. The third kappa shape index (κ3) is 6.17. The minimum Gasteiger partial charge on any atom is -0.452 e. The molecule has 3 rings (SSSR count). The highest BCUT2D eigenvalue weighted by molar-refractivity contribution is 7.89. The quantitative estimate of drug-likeness (QED) is 0.568. The van der Waals surface area contributed by atoms with Gasteiger partial charge in [-0.2, -0.15) is 0 Å². The van der Waals surface area contributed by atoms with Crippen LogP contribution in [0.2, 0.25) is 0 Å². The van der Waals surface area contributed by atoms with Crippen LogP contribution in [0.25, 0.3) is 0 Å². The van der Waals surface area contributed by atoms with E-state index in [4.69, 9.17) is 4.74 Å². The van der Waals surface area contributed by atoms with Crippen LogP contribution in [0.3, 0.4) is 0 Å². The van der Waals surface area contributed by atoms with Gasteiger partial charge in [-0.1, -0.05) is 31.0 Å². The van der Waals surface area contributed by atoms with Gasteiger partial charge in [0, 0.05) is 20.1 Å². The largest absolute Gasteiger partial charge is 0.452 e. The lowest BCUT2D eigenvalue weighted by molar-refractivity contribution is -0.119. The van der Waals surface area contributed by atoms with Gasteiger partial charge >= 0.3 is 5.97 Å². The number of rotatable bonds is 8. The molecule has 0 radical (unpaired) electrons. The fourth-order valence-electron chi connectivity index (χ4n) is 3.52. The molecule has 0 aliphatic heterocycles. The predicted molar refractivity (Wildman–Crippen MR) is 122 cm³/mol. The van der Waals surface area contributed by atoms with Crippen molar-refractivity contribution in [1.29, 1.82) is 0 Å². The van der Waals surface area contributed by atoms with Crippen LogP contribution < -0.4 is 10.6 Å². The summed E-state index contributed by atoms with van der Waals surface area (Å²) < 4.78 is 30.6. The van der Waals surface area contributed by atoms with E-state index in [-0.39, 0.29) is 22.4 Å². The first-order valence-corrected chi connectivity index (χ1v) is 12.0. The Morgan fingerprint density at radius 1 is 1.03 bits per heavy atom. The average molecular weight is 474 g/mol. The van der Waals surface area contributed by atoms with E-state index in [1.807, 2.05) is 0 Å². The van der Waals surface area contributed by atoms with Gasteiger partial charge in [0.05, 0.1) is 21.7 Å². The van der Waals surface area contributed by atoms with Crippen molar-refractivity contribution >= 4 is 33.5 Å². The molecular formula is C23H27N3O6S. The standard InChI is InChI=1S/C23H27N3O6S/c1-26(2)33(30,31)18-11-7-8-16(14-18)23(29)32-15-21(27)25-20-13-6-5-12-19(20)22(28)24-17-9-3-4-10-17/h5-8,11-14,17H,3-4,9-10,15H2,1-2H3,(H,24,28)(H,25,27). The van der Waals surface area contributed by atoms with Crippen LogP contribution in [0, 0.1) is 0 Å². The van der Waals surface area contributed by atoms with Gasteiger partial charge in [0.2, 0.25) is 10.0 Å². The zero-order chi connectivity index (χ0) is 24.0. The number of carbonyl (C=O) groups excluding carboxylic acids is 3. The van der Waals surface area contributed by atoms with Crippen LogP contribution in [-0.4, -0.2) is 57.3 Å². The number of hydrogen-bond donors (Lipinski definition) is 2. The lowest BCUT2D eigenvalue weighted by atomic mass is 10.1. The second-order valence-electron chi connectivity index (χ2n) is 7.94. The fourth-order valence-corrected chi connectivity index (χ4v) is 4.47. The monoisotopic (exact) mass is 473 g/mol. The van der Waals surface area contributed by atoms with E-state index in [0.29, 0.717) is 11.3 Å². The number of carbonyl (C=O) groups is 3. The number of ether oxygens (including phenoxy) is 1. The first-order chi connectivity index (χ1) is 15.7. The summed E-state index contributed by atoms with van der Waals surface area (Å²) in [6.07, 6.45) is 4.04. The molecule has 1 aliphatic rings. The van der Waals surface area contributed by atoms with Gasteiger partial charge in [-0.15, -0.1) is 0 Å². The highest BCUT2D eigenvalue weighted by atomic mass is 32.2. The van der Waals surface area contributed by atoms with E-state index < -0.39 is 28.5 Å². The molecular weight excluding hydrogens is 446 g/mol. The number of anilines is 1. The first-order valence-electron chi connectivity index (χ1n) is 10.6.